The first-order valence-corrected chi connectivity index (χ1v) is 11.0. The summed E-state index contributed by atoms with van der Waals surface area (Å²) in [4.78, 5) is 23.1. The highest BCUT2D eigenvalue weighted by Gasteiger charge is 2.22. The van der Waals surface area contributed by atoms with Gasteiger partial charge in [0, 0.05) is 25.6 Å². The molecule has 1 aromatic carbocycles. The smallest absolute Gasteiger partial charge is 0.217 e. The van der Waals surface area contributed by atoms with E-state index in [1.807, 2.05) is 44.6 Å². The Morgan fingerprint density at radius 3 is 2.52 bits per heavy atom. The second-order valence-electron chi connectivity index (χ2n) is 8.33. The number of hydrogen-bond acceptors (Lipinski definition) is 5. The molecule has 0 saturated heterocycles. The number of hydrogen-bond donors (Lipinski definition) is 2. The largest absolute Gasteiger partial charge is 0.367 e. The molecule has 6 nitrogen and oxygen atoms in total. The lowest BCUT2D eigenvalue weighted by Gasteiger charge is -2.27. The number of aromatic nitrogens is 1. The highest BCUT2D eigenvalue weighted by molar-refractivity contribution is 5.93. The van der Waals surface area contributed by atoms with Crippen LogP contribution in [-0.2, 0) is 4.79 Å². The minimum Gasteiger partial charge on any atom is -0.367 e. The van der Waals surface area contributed by atoms with Crippen molar-refractivity contribution in [1.29, 1.82) is 0 Å². The molecule has 0 spiro atoms. The second kappa shape index (κ2) is 9.77. The van der Waals surface area contributed by atoms with Gasteiger partial charge >= 0.3 is 0 Å². The molecule has 164 valence electrons. The molecule has 1 aromatic heterocycles. The second-order valence-corrected chi connectivity index (χ2v) is 8.33. The van der Waals surface area contributed by atoms with Crippen molar-refractivity contribution in [3.05, 3.63) is 47.5 Å². The normalized spacial score (nSPS) is 15.2. The monoisotopic (exact) mass is 419 g/mol. The van der Waals surface area contributed by atoms with E-state index in [-0.39, 0.29) is 18.0 Å². The molecular weight excluding hydrogens is 386 g/mol. The van der Waals surface area contributed by atoms with Gasteiger partial charge in [-0.2, -0.15) is 0 Å². The maximum absolute atomic E-state index is 11.3. The van der Waals surface area contributed by atoms with Crippen LogP contribution in [0.2, 0.25) is 0 Å². The summed E-state index contributed by atoms with van der Waals surface area (Å²) in [7, 11) is 2.02. The molecule has 2 aromatic rings. The molecule has 0 bridgehead atoms. The lowest BCUT2D eigenvalue weighted by Crippen LogP contribution is -2.23. The van der Waals surface area contributed by atoms with Gasteiger partial charge in [0.25, 0.3) is 0 Å². The maximum Gasteiger partial charge on any atom is 0.217 e. The lowest BCUT2D eigenvalue weighted by molar-refractivity contribution is -0.119. The number of fused-ring (bicyclic) bond motifs is 1. The number of nitrogens with zero attached hydrogens (tertiary/aromatic N) is 3. The highest BCUT2D eigenvalue weighted by atomic mass is 16.1. The SMILES string of the molecule is CCC/C=C1\c2c(cc(-c3ccc(C(C)NC(C)=O)cc3)nc2NC(C)C)N=CN1C. The van der Waals surface area contributed by atoms with Crippen molar-refractivity contribution >= 4 is 29.4 Å². The van der Waals surface area contributed by atoms with Crippen molar-refractivity contribution in [2.45, 2.75) is 59.5 Å². The van der Waals surface area contributed by atoms with Crippen LogP contribution in [0.1, 0.15) is 64.6 Å². The number of carbonyl (C=O) groups is 1. The first-order chi connectivity index (χ1) is 14.8. The van der Waals surface area contributed by atoms with Gasteiger partial charge in [-0.05, 0) is 38.8 Å². The van der Waals surface area contributed by atoms with Crippen molar-refractivity contribution in [2.24, 2.45) is 4.99 Å². The summed E-state index contributed by atoms with van der Waals surface area (Å²) in [6.45, 7) is 9.92. The molecule has 0 fully saturated rings. The number of allylic oxidation sites excluding steroid dienone is 1. The van der Waals surface area contributed by atoms with Crippen LogP contribution in [-0.4, -0.2) is 35.2 Å². The van der Waals surface area contributed by atoms with E-state index in [2.05, 4.69) is 48.4 Å². The van der Waals surface area contributed by atoms with Gasteiger partial charge in [0.15, 0.2) is 0 Å². The van der Waals surface area contributed by atoms with Gasteiger partial charge in [0.1, 0.15) is 5.82 Å². The Hall–Kier alpha value is -3.15. The van der Waals surface area contributed by atoms with Gasteiger partial charge in [0.2, 0.25) is 5.91 Å². The molecule has 0 aliphatic carbocycles. The predicted molar refractivity (Wildman–Crippen MR) is 129 cm³/mol. The van der Waals surface area contributed by atoms with Crippen LogP contribution in [0.15, 0.2) is 41.4 Å². The fourth-order valence-corrected chi connectivity index (χ4v) is 3.66. The molecule has 1 aliphatic heterocycles. The Bertz CT molecular complexity index is 992. The zero-order chi connectivity index (χ0) is 22.5. The molecular formula is C25H33N5O. The van der Waals surface area contributed by atoms with Gasteiger partial charge in [0.05, 0.1) is 35.0 Å². The van der Waals surface area contributed by atoms with Gasteiger partial charge in [-0.25, -0.2) is 9.98 Å². The number of aliphatic imine (C=N–C) groups is 1. The van der Waals surface area contributed by atoms with Crippen LogP contribution < -0.4 is 10.6 Å². The number of carbonyl (C=O) groups excluding carboxylic acids is 1. The zero-order valence-electron chi connectivity index (χ0n) is 19.4. The molecule has 31 heavy (non-hydrogen) atoms. The summed E-state index contributed by atoms with van der Waals surface area (Å²) in [5.41, 5.74) is 6.05. The topological polar surface area (TPSA) is 69.6 Å². The molecule has 0 saturated carbocycles. The van der Waals surface area contributed by atoms with E-state index < -0.39 is 0 Å². The van der Waals surface area contributed by atoms with Gasteiger partial charge in [-0.3, -0.25) is 4.79 Å². The van der Waals surface area contributed by atoms with Gasteiger partial charge < -0.3 is 15.5 Å². The van der Waals surface area contributed by atoms with Crippen molar-refractivity contribution in [1.82, 2.24) is 15.2 Å². The molecule has 6 heteroatoms. The van der Waals surface area contributed by atoms with Crippen LogP contribution in [0.4, 0.5) is 11.5 Å². The Morgan fingerprint density at radius 1 is 1.19 bits per heavy atom. The number of nitrogens with one attached hydrogen (secondary N) is 2. The van der Waals surface area contributed by atoms with Gasteiger partial charge in [-0.1, -0.05) is 43.7 Å². The van der Waals surface area contributed by atoms with Crippen LogP contribution in [0.5, 0.6) is 0 Å². The number of pyridine rings is 1. The summed E-state index contributed by atoms with van der Waals surface area (Å²) >= 11 is 0. The molecule has 1 amide bonds. The molecule has 1 unspecified atom stereocenters. The number of amides is 1. The lowest BCUT2D eigenvalue weighted by atomic mass is 10.0. The zero-order valence-corrected chi connectivity index (χ0v) is 19.4. The van der Waals surface area contributed by atoms with Crippen molar-refractivity contribution in [2.75, 3.05) is 12.4 Å². The van der Waals surface area contributed by atoms with E-state index in [0.717, 1.165) is 52.4 Å². The summed E-state index contributed by atoms with van der Waals surface area (Å²) < 4.78 is 0. The number of benzene rings is 1. The van der Waals surface area contributed by atoms with E-state index in [1.165, 1.54) is 6.92 Å². The fraction of sp³-hybridized carbons (Fsp3) is 0.400. The Labute approximate surface area is 185 Å². The first kappa shape index (κ1) is 22.5. The van der Waals surface area contributed by atoms with E-state index in [1.54, 1.807) is 0 Å². The highest BCUT2D eigenvalue weighted by Crippen LogP contribution is 2.39. The fourth-order valence-electron chi connectivity index (χ4n) is 3.66. The average Bonchev–Trinajstić information content (AvgIpc) is 2.72. The number of unbranched alkanes of at least 4 members (excludes halogenated alkanes) is 1. The standard InChI is InChI=1S/C25H33N5O/c1-7-8-9-23-24-22(26-15-30(23)6)14-21(29-25(24)27-16(2)3)20-12-10-19(11-13-20)17(4)28-18(5)31/h9-17H,7-8H2,1-6H3,(H,27,29)(H,28,31)/b23-9+. The molecule has 0 radical (unpaired) electrons. The van der Waals surface area contributed by atoms with Gasteiger partial charge in [-0.15, -0.1) is 0 Å². The summed E-state index contributed by atoms with van der Waals surface area (Å²) in [6.07, 6.45) is 6.22. The number of rotatable bonds is 7. The molecule has 3 rings (SSSR count). The van der Waals surface area contributed by atoms with E-state index in [9.17, 15) is 4.79 Å². The van der Waals surface area contributed by atoms with Crippen molar-refractivity contribution < 1.29 is 4.79 Å². The van der Waals surface area contributed by atoms with Crippen LogP contribution in [0, 0.1) is 0 Å². The first-order valence-electron chi connectivity index (χ1n) is 11.0. The van der Waals surface area contributed by atoms with E-state index in [4.69, 9.17) is 9.98 Å². The molecule has 1 aliphatic rings. The average molecular weight is 420 g/mol. The third-order valence-corrected chi connectivity index (χ3v) is 5.18. The third-order valence-electron chi connectivity index (χ3n) is 5.18. The Balaban J connectivity index is 2.04. The molecule has 1 atom stereocenters. The van der Waals surface area contributed by atoms with Crippen molar-refractivity contribution in [3.63, 3.8) is 0 Å². The minimum atomic E-state index is -0.0351. The van der Waals surface area contributed by atoms with Crippen LogP contribution >= 0.6 is 0 Å². The van der Waals surface area contributed by atoms with Crippen molar-refractivity contribution in [3.8, 4) is 11.3 Å². The number of anilines is 1. The van der Waals surface area contributed by atoms with E-state index in [0.29, 0.717) is 0 Å². The summed E-state index contributed by atoms with van der Waals surface area (Å²) in [5.74, 6) is 0.816. The maximum atomic E-state index is 11.3. The Morgan fingerprint density at radius 2 is 1.90 bits per heavy atom. The summed E-state index contributed by atoms with van der Waals surface area (Å²) in [6, 6.07) is 10.4. The molecule has 2 heterocycles. The van der Waals surface area contributed by atoms with Crippen LogP contribution in [0.25, 0.3) is 17.0 Å². The predicted octanol–water partition coefficient (Wildman–Crippen LogP) is 5.51. The Kier molecular flexibility index (Phi) is 7.10. The molecule has 2 N–H and O–H groups in total. The van der Waals surface area contributed by atoms with E-state index >= 15 is 0 Å². The third kappa shape index (κ3) is 5.32. The quantitative estimate of drug-likeness (QED) is 0.621. The van der Waals surface area contributed by atoms with Crippen LogP contribution in [0.3, 0.4) is 0 Å². The minimum absolute atomic E-state index is 0.0346. The summed E-state index contributed by atoms with van der Waals surface area (Å²) in [5, 5.41) is 6.44.